The number of nitrogens with one attached hydrogen (secondary N) is 3. The maximum atomic E-state index is 12.5. The standard InChI is InChI=1S/C25H22N4O4/c30-22-11-10-21(23(31)28-22)29-14-17-12-15(8-9-19(17)24(29)32)13-26-25(33)27-20-7-3-5-16-4-1-2-6-18(16)20/h1-9,12,14,21,32H,10-11,13H2,(H2,26,27,33)(H,28,30,31). The van der Waals surface area contributed by atoms with E-state index in [0.717, 1.165) is 27.4 Å². The van der Waals surface area contributed by atoms with E-state index < -0.39 is 11.9 Å². The van der Waals surface area contributed by atoms with E-state index >= 15 is 0 Å². The van der Waals surface area contributed by atoms with Crippen LogP contribution in [0.15, 0.2) is 66.9 Å². The Labute approximate surface area is 189 Å². The number of nitrogens with zero attached hydrogens (tertiary/aromatic N) is 1. The van der Waals surface area contributed by atoms with Gasteiger partial charge in [-0.3, -0.25) is 14.9 Å². The van der Waals surface area contributed by atoms with Crippen LogP contribution in [0.1, 0.15) is 24.4 Å². The van der Waals surface area contributed by atoms with E-state index in [4.69, 9.17) is 0 Å². The highest BCUT2D eigenvalue weighted by atomic mass is 16.3. The molecule has 1 saturated heterocycles. The first-order valence-corrected chi connectivity index (χ1v) is 10.7. The number of piperidine rings is 1. The number of benzene rings is 3. The molecule has 2 heterocycles. The van der Waals surface area contributed by atoms with Gasteiger partial charge < -0.3 is 20.3 Å². The fourth-order valence-electron chi connectivity index (χ4n) is 4.25. The molecule has 1 aliphatic heterocycles. The van der Waals surface area contributed by atoms with Gasteiger partial charge in [0.15, 0.2) is 5.88 Å². The number of carbonyl (C=O) groups excluding carboxylic acids is 3. The zero-order valence-electron chi connectivity index (χ0n) is 17.7. The molecule has 33 heavy (non-hydrogen) atoms. The first-order chi connectivity index (χ1) is 16.0. The summed E-state index contributed by atoms with van der Waals surface area (Å²) in [5.74, 6) is -0.746. The van der Waals surface area contributed by atoms with Gasteiger partial charge in [-0.2, -0.15) is 0 Å². The number of fused-ring (bicyclic) bond motifs is 2. The molecule has 0 radical (unpaired) electrons. The number of aromatic nitrogens is 1. The van der Waals surface area contributed by atoms with Crippen molar-refractivity contribution < 1.29 is 19.5 Å². The average Bonchev–Trinajstić information content (AvgIpc) is 3.13. The molecule has 1 atom stereocenters. The first kappa shape index (κ1) is 20.6. The number of amides is 4. The van der Waals surface area contributed by atoms with Crippen molar-refractivity contribution in [2.75, 3.05) is 5.32 Å². The maximum Gasteiger partial charge on any atom is 0.319 e. The molecular weight excluding hydrogens is 420 g/mol. The summed E-state index contributed by atoms with van der Waals surface area (Å²) in [5, 5.41) is 22.0. The van der Waals surface area contributed by atoms with Gasteiger partial charge in [0.2, 0.25) is 11.8 Å². The van der Waals surface area contributed by atoms with Crippen molar-refractivity contribution in [1.82, 2.24) is 15.2 Å². The molecule has 0 aliphatic carbocycles. The summed E-state index contributed by atoms with van der Waals surface area (Å²) in [6.45, 7) is 0.289. The van der Waals surface area contributed by atoms with Crippen LogP contribution in [0.25, 0.3) is 21.5 Å². The van der Waals surface area contributed by atoms with Crippen LogP contribution in [0.5, 0.6) is 5.88 Å². The van der Waals surface area contributed by atoms with Gasteiger partial charge in [-0.25, -0.2) is 4.79 Å². The third kappa shape index (κ3) is 3.98. The molecule has 1 fully saturated rings. The molecular formula is C25H22N4O4. The zero-order valence-corrected chi connectivity index (χ0v) is 17.7. The maximum absolute atomic E-state index is 12.5. The van der Waals surface area contributed by atoms with Crippen LogP contribution in [0.2, 0.25) is 0 Å². The molecule has 1 aromatic heterocycles. The molecule has 3 aromatic carbocycles. The molecule has 4 N–H and O–H groups in total. The van der Waals surface area contributed by atoms with Crippen LogP contribution in [0.3, 0.4) is 0 Å². The second-order valence-electron chi connectivity index (χ2n) is 8.08. The summed E-state index contributed by atoms with van der Waals surface area (Å²) >= 11 is 0. The number of anilines is 1. The summed E-state index contributed by atoms with van der Waals surface area (Å²) in [5.41, 5.74) is 1.57. The van der Waals surface area contributed by atoms with Crippen molar-refractivity contribution in [3.05, 3.63) is 72.4 Å². The smallest absolute Gasteiger partial charge is 0.319 e. The minimum Gasteiger partial charge on any atom is -0.494 e. The normalized spacial score (nSPS) is 16.1. The number of urea groups is 1. The average molecular weight is 442 g/mol. The van der Waals surface area contributed by atoms with Crippen molar-refractivity contribution in [3.63, 3.8) is 0 Å². The van der Waals surface area contributed by atoms with Crippen molar-refractivity contribution in [2.45, 2.75) is 25.4 Å². The van der Waals surface area contributed by atoms with Crippen molar-refractivity contribution >= 4 is 45.1 Å². The van der Waals surface area contributed by atoms with Crippen molar-refractivity contribution in [3.8, 4) is 5.88 Å². The predicted molar refractivity (Wildman–Crippen MR) is 125 cm³/mol. The fourth-order valence-corrected chi connectivity index (χ4v) is 4.25. The van der Waals surface area contributed by atoms with Gasteiger partial charge in [0.1, 0.15) is 6.04 Å². The Bertz CT molecular complexity index is 1400. The summed E-state index contributed by atoms with van der Waals surface area (Å²) < 4.78 is 1.50. The van der Waals surface area contributed by atoms with E-state index in [1.165, 1.54) is 4.57 Å². The molecule has 166 valence electrons. The predicted octanol–water partition coefficient (Wildman–Crippen LogP) is 3.80. The van der Waals surface area contributed by atoms with E-state index in [2.05, 4.69) is 16.0 Å². The Morgan fingerprint density at radius 1 is 1.03 bits per heavy atom. The second-order valence-corrected chi connectivity index (χ2v) is 8.08. The molecule has 5 rings (SSSR count). The number of rotatable bonds is 4. The lowest BCUT2D eigenvalue weighted by Crippen LogP contribution is -2.41. The van der Waals surface area contributed by atoms with E-state index in [1.807, 2.05) is 54.6 Å². The molecule has 4 aromatic rings. The highest BCUT2D eigenvalue weighted by Crippen LogP contribution is 2.33. The van der Waals surface area contributed by atoms with Crippen LogP contribution < -0.4 is 16.0 Å². The first-order valence-electron chi connectivity index (χ1n) is 10.7. The Hall–Kier alpha value is -4.33. The Kier molecular flexibility index (Phi) is 5.18. The summed E-state index contributed by atoms with van der Waals surface area (Å²) in [6, 6.07) is 18.0. The SMILES string of the molecule is O=C1CCC(n2cc3cc(CNC(=O)Nc4cccc5ccccc45)ccc3c2O)C(=O)N1. The number of hydrogen-bond donors (Lipinski definition) is 4. The van der Waals surface area contributed by atoms with Gasteiger partial charge in [-0.05, 0) is 35.6 Å². The van der Waals surface area contributed by atoms with Gasteiger partial charge >= 0.3 is 6.03 Å². The van der Waals surface area contributed by atoms with Crippen molar-refractivity contribution in [1.29, 1.82) is 0 Å². The largest absolute Gasteiger partial charge is 0.494 e. The minimum atomic E-state index is -0.636. The minimum absolute atomic E-state index is 0.0206. The van der Waals surface area contributed by atoms with Gasteiger partial charge in [0.25, 0.3) is 0 Å². The lowest BCUT2D eigenvalue weighted by molar-refractivity contribution is -0.135. The fraction of sp³-hybridized carbons (Fsp3) is 0.160. The van der Waals surface area contributed by atoms with Gasteiger partial charge in [-0.15, -0.1) is 0 Å². The number of imide groups is 1. The van der Waals surface area contributed by atoms with Crippen LogP contribution >= 0.6 is 0 Å². The lowest BCUT2D eigenvalue weighted by atomic mass is 10.1. The van der Waals surface area contributed by atoms with Crippen LogP contribution in [-0.4, -0.2) is 27.5 Å². The zero-order chi connectivity index (χ0) is 22.9. The van der Waals surface area contributed by atoms with E-state index in [0.29, 0.717) is 11.8 Å². The molecule has 8 heteroatoms. The molecule has 0 bridgehead atoms. The summed E-state index contributed by atoms with van der Waals surface area (Å²) in [7, 11) is 0. The lowest BCUT2D eigenvalue weighted by Gasteiger charge is -2.22. The molecule has 0 saturated carbocycles. The second kappa shape index (κ2) is 8.31. The number of carbonyl (C=O) groups is 3. The third-order valence-corrected chi connectivity index (χ3v) is 5.92. The quantitative estimate of drug-likeness (QED) is 0.360. The van der Waals surface area contributed by atoms with Gasteiger partial charge in [-0.1, -0.05) is 42.5 Å². The van der Waals surface area contributed by atoms with Crippen LogP contribution in [0.4, 0.5) is 10.5 Å². The molecule has 8 nitrogen and oxygen atoms in total. The van der Waals surface area contributed by atoms with Gasteiger partial charge in [0, 0.05) is 35.3 Å². The Balaban J connectivity index is 1.30. The molecule has 4 amide bonds. The van der Waals surface area contributed by atoms with Crippen LogP contribution in [0, 0.1) is 0 Å². The summed E-state index contributed by atoms with van der Waals surface area (Å²) in [4.78, 5) is 36.1. The Morgan fingerprint density at radius 2 is 1.85 bits per heavy atom. The highest BCUT2D eigenvalue weighted by Gasteiger charge is 2.30. The Morgan fingerprint density at radius 3 is 2.70 bits per heavy atom. The highest BCUT2D eigenvalue weighted by molar-refractivity contribution is 6.02. The third-order valence-electron chi connectivity index (χ3n) is 5.92. The van der Waals surface area contributed by atoms with Crippen LogP contribution in [-0.2, 0) is 16.1 Å². The topological polar surface area (TPSA) is 112 Å². The number of aromatic hydroxyl groups is 1. The molecule has 1 aliphatic rings. The van der Waals surface area contributed by atoms with E-state index in [-0.39, 0.29) is 30.8 Å². The van der Waals surface area contributed by atoms with Gasteiger partial charge in [0.05, 0.1) is 5.69 Å². The summed E-state index contributed by atoms with van der Waals surface area (Å²) in [6.07, 6.45) is 2.26. The molecule has 0 spiro atoms. The van der Waals surface area contributed by atoms with Crippen molar-refractivity contribution in [2.24, 2.45) is 0 Å². The van der Waals surface area contributed by atoms with E-state index in [1.54, 1.807) is 12.3 Å². The van der Waals surface area contributed by atoms with E-state index in [9.17, 15) is 19.5 Å². The number of hydrogen-bond acceptors (Lipinski definition) is 4. The molecule has 1 unspecified atom stereocenters. The monoisotopic (exact) mass is 442 g/mol.